The van der Waals surface area contributed by atoms with E-state index in [9.17, 15) is 9.90 Å². The summed E-state index contributed by atoms with van der Waals surface area (Å²) in [4.78, 5) is 11.7. The Morgan fingerprint density at radius 2 is 2.18 bits per heavy atom. The number of nitrogens with one attached hydrogen (secondary N) is 1. The minimum atomic E-state index is -0.175. The van der Waals surface area contributed by atoms with Crippen LogP contribution < -0.4 is 5.32 Å². The molecule has 4 heteroatoms. The number of hydrogen-bond donors (Lipinski definition) is 2. The average Bonchev–Trinajstić information content (AvgIpc) is 2.83. The fourth-order valence-corrected chi connectivity index (χ4v) is 2.21. The quantitative estimate of drug-likeness (QED) is 0.836. The smallest absolute Gasteiger partial charge is 0.220 e. The van der Waals surface area contributed by atoms with Crippen molar-refractivity contribution in [1.82, 2.24) is 5.32 Å². The first-order valence-electron chi connectivity index (χ1n) is 6.24. The number of hydrogen-bond acceptors (Lipinski definition) is 3. The molecule has 1 aromatic rings. The first-order valence-corrected chi connectivity index (χ1v) is 6.24. The lowest BCUT2D eigenvalue weighted by atomic mass is 9.93. The Kier molecular flexibility index (Phi) is 4.20. The van der Waals surface area contributed by atoms with Crippen LogP contribution in [0.15, 0.2) is 22.8 Å². The average molecular weight is 237 g/mol. The topological polar surface area (TPSA) is 62.5 Å². The van der Waals surface area contributed by atoms with Crippen LogP contribution in [0.1, 0.15) is 37.9 Å². The van der Waals surface area contributed by atoms with Crippen molar-refractivity contribution in [3.63, 3.8) is 0 Å². The minimum absolute atomic E-state index is 0.0720. The first kappa shape index (κ1) is 12.2. The van der Waals surface area contributed by atoms with Crippen LogP contribution in [0.25, 0.3) is 0 Å². The van der Waals surface area contributed by atoms with Gasteiger partial charge in [0.2, 0.25) is 5.91 Å². The lowest BCUT2D eigenvalue weighted by Gasteiger charge is -2.26. The van der Waals surface area contributed by atoms with E-state index in [0.717, 1.165) is 31.4 Å². The van der Waals surface area contributed by atoms with Crippen molar-refractivity contribution in [2.24, 2.45) is 0 Å². The van der Waals surface area contributed by atoms with Crippen LogP contribution in [0.5, 0.6) is 0 Å². The van der Waals surface area contributed by atoms with Gasteiger partial charge in [0.15, 0.2) is 0 Å². The monoisotopic (exact) mass is 237 g/mol. The van der Waals surface area contributed by atoms with Crippen molar-refractivity contribution in [3.8, 4) is 0 Å². The third-order valence-corrected chi connectivity index (χ3v) is 3.24. The summed E-state index contributed by atoms with van der Waals surface area (Å²) >= 11 is 0. The van der Waals surface area contributed by atoms with Crippen molar-refractivity contribution in [2.75, 3.05) is 0 Å². The Morgan fingerprint density at radius 1 is 1.41 bits per heavy atom. The maximum absolute atomic E-state index is 11.7. The standard InChI is InChI=1S/C13H19NO3/c15-11-5-3-10(4-6-11)14-13(16)8-7-12-2-1-9-17-12/h1-2,9-11,15H,3-8H2,(H,14,16). The molecular weight excluding hydrogens is 218 g/mol. The molecule has 17 heavy (non-hydrogen) atoms. The first-order chi connectivity index (χ1) is 8.24. The van der Waals surface area contributed by atoms with Crippen LogP contribution in [-0.4, -0.2) is 23.2 Å². The highest BCUT2D eigenvalue weighted by molar-refractivity contribution is 5.76. The van der Waals surface area contributed by atoms with E-state index in [1.165, 1.54) is 0 Å². The Morgan fingerprint density at radius 3 is 2.82 bits per heavy atom. The predicted octanol–water partition coefficient (Wildman–Crippen LogP) is 1.63. The van der Waals surface area contributed by atoms with Gasteiger partial charge in [0, 0.05) is 18.9 Å². The zero-order valence-corrected chi connectivity index (χ0v) is 9.89. The van der Waals surface area contributed by atoms with Crippen LogP contribution in [0, 0.1) is 0 Å². The summed E-state index contributed by atoms with van der Waals surface area (Å²) in [6.07, 6.45) is 5.91. The molecule has 2 rings (SSSR count). The predicted molar refractivity (Wildman–Crippen MR) is 63.4 cm³/mol. The molecule has 0 aliphatic heterocycles. The molecule has 0 radical (unpaired) electrons. The van der Waals surface area contributed by atoms with E-state index in [4.69, 9.17) is 4.42 Å². The second-order valence-electron chi connectivity index (χ2n) is 4.65. The fraction of sp³-hybridized carbons (Fsp3) is 0.615. The van der Waals surface area contributed by atoms with Crippen LogP contribution in [-0.2, 0) is 11.2 Å². The number of rotatable bonds is 4. The Labute approximate surface area is 101 Å². The van der Waals surface area contributed by atoms with E-state index >= 15 is 0 Å². The molecule has 0 saturated heterocycles. The highest BCUT2D eigenvalue weighted by atomic mass is 16.3. The summed E-state index contributed by atoms with van der Waals surface area (Å²) < 4.78 is 5.17. The molecule has 1 fully saturated rings. The molecule has 4 nitrogen and oxygen atoms in total. The number of aliphatic hydroxyl groups is 1. The highest BCUT2D eigenvalue weighted by Crippen LogP contribution is 2.18. The van der Waals surface area contributed by atoms with Gasteiger partial charge < -0.3 is 14.8 Å². The summed E-state index contributed by atoms with van der Waals surface area (Å²) in [7, 11) is 0. The summed E-state index contributed by atoms with van der Waals surface area (Å²) in [6, 6.07) is 3.95. The molecule has 0 unspecified atom stereocenters. The maximum atomic E-state index is 11.7. The van der Waals surface area contributed by atoms with Crippen LogP contribution >= 0.6 is 0 Å². The molecule has 1 aliphatic rings. The van der Waals surface area contributed by atoms with Gasteiger partial charge in [-0.15, -0.1) is 0 Å². The van der Waals surface area contributed by atoms with E-state index < -0.39 is 0 Å². The second-order valence-corrected chi connectivity index (χ2v) is 4.65. The largest absolute Gasteiger partial charge is 0.469 e. The SMILES string of the molecule is O=C(CCc1ccco1)NC1CCC(O)CC1. The number of carbonyl (C=O) groups excluding carboxylic acids is 1. The Balaban J connectivity index is 1.67. The third-order valence-electron chi connectivity index (χ3n) is 3.24. The van der Waals surface area contributed by atoms with Gasteiger partial charge in [-0.25, -0.2) is 0 Å². The Bertz CT molecular complexity index is 340. The molecule has 2 N–H and O–H groups in total. The maximum Gasteiger partial charge on any atom is 0.220 e. The number of carbonyl (C=O) groups is 1. The van der Waals surface area contributed by atoms with Gasteiger partial charge in [0.25, 0.3) is 0 Å². The fourth-order valence-electron chi connectivity index (χ4n) is 2.21. The van der Waals surface area contributed by atoms with E-state index in [2.05, 4.69) is 5.32 Å². The third kappa shape index (κ3) is 3.89. The molecule has 1 aliphatic carbocycles. The zero-order chi connectivity index (χ0) is 12.1. The summed E-state index contributed by atoms with van der Waals surface area (Å²) in [5.41, 5.74) is 0. The van der Waals surface area contributed by atoms with Crippen LogP contribution in [0.4, 0.5) is 0 Å². The minimum Gasteiger partial charge on any atom is -0.469 e. The normalized spacial score (nSPS) is 24.5. The number of amides is 1. The van der Waals surface area contributed by atoms with E-state index in [1.54, 1.807) is 6.26 Å². The van der Waals surface area contributed by atoms with Crippen molar-refractivity contribution < 1.29 is 14.3 Å². The van der Waals surface area contributed by atoms with E-state index in [1.807, 2.05) is 12.1 Å². The van der Waals surface area contributed by atoms with Crippen molar-refractivity contribution in [2.45, 2.75) is 50.7 Å². The van der Waals surface area contributed by atoms with Gasteiger partial charge in [-0.05, 0) is 37.8 Å². The van der Waals surface area contributed by atoms with Gasteiger partial charge in [-0.2, -0.15) is 0 Å². The van der Waals surface area contributed by atoms with E-state index in [0.29, 0.717) is 12.8 Å². The molecule has 0 atom stereocenters. The number of furan rings is 1. The van der Waals surface area contributed by atoms with Crippen LogP contribution in [0.3, 0.4) is 0 Å². The molecule has 1 heterocycles. The lowest BCUT2D eigenvalue weighted by Crippen LogP contribution is -2.38. The molecular formula is C13H19NO3. The van der Waals surface area contributed by atoms with E-state index in [-0.39, 0.29) is 18.1 Å². The summed E-state index contributed by atoms with van der Waals surface area (Å²) in [5, 5.41) is 12.4. The second kappa shape index (κ2) is 5.87. The summed E-state index contributed by atoms with van der Waals surface area (Å²) in [6.45, 7) is 0. The van der Waals surface area contributed by atoms with Crippen LogP contribution in [0.2, 0.25) is 0 Å². The molecule has 0 aromatic carbocycles. The van der Waals surface area contributed by atoms with Gasteiger partial charge in [0.1, 0.15) is 5.76 Å². The molecule has 1 aromatic heterocycles. The van der Waals surface area contributed by atoms with Gasteiger partial charge in [0.05, 0.1) is 12.4 Å². The van der Waals surface area contributed by atoms with Crippen molar-refractivity contribution in [3.05, 3.63) is 24.2 Å². The molecule has 0 bridgehead atoms. The van der Waals surface area contributed by atoms with Gasteiger partial charge in [-0.1, -0.05) is 0 Å². The summed E-state index contributed by atoms with van der Waals surface area (Å²) in [5.74, 6) is 0.919. The Hall–Kier alpha value is -1.29. The van der Waals surface area contributed by atoms with Gasteiger partial charge in [-0.3, -0.25) is 4.79 Å². The molecule has 1 amide bonds. The van der Waals surface area contributed by atoms with Crippen molar-refractivity contribution in [1.29, 1.82) is 0 Å². The lowest BCUT2D eigenvalue weighted by molar-refractivity contribution is -0.122. The highest BCUT2D eigenvalue weighted by Gasteiger charge is 2.20. The van der Waals surface area contributed by atoms with Crippen molar-refractivity contribution >= 4 is 5.91 Å². The number of aryl methyl sites for hydroxylation is 1. The molecule has 0 spiro atoms. The van der Waals surface area contributed by atoms with Gasteiger partial charge >= 0.3 is 0 Å². The number of aliphatic hydroxyl groups excluding tert-OH is 1. The molecule has 1 saturated carbocycles. The molecule has 94 valence electrons. The zero-order valence-electron chi connectivity index (χ0n) is 9.89.